The minimum Gasteiger partial charge on any atom is -0.507 e. The molecule has 1 N–H and O–H groups in total. The molecule has 0 saturated carbocycles. The number of aromatic nitrogens is 1. The monoisotopic (exact) mass is 527 g/mol. The molecule has 2 heterocycles. The summed E-state index contributed by atoms with van der Waals surface area (Å²) in [5.74, 6) is -1.51. The normalized spacial score (nSPS) is 16.6. The average Bonchev–Trinajstić information content (AvgIpc) is 3.55. The van der Waals surface area contributed by atoms with Gasteiger partial charge in [0.15, 0.2) is 5.13 Å². The number of rotatable bonds is 7. The van der Waals surface area contributed by atoms with Crippen LogP contribution < -0.4 is 9.64 Å². The van der Waals surface area contributed by atoms with Crippen molar-refractivity contribution in [1.82, 2.24) is 4.98 Å². The molecule has 1 saturated heterocycles. The molecule has 1 aliphatic heterocycles. The van der Waals surface area contributed by atoms with E-state index >= 15 is 0 Å². The summed E-state index contributed by atoms with van der Waals surface area (Å²) in [6.07, 6.45) is 1.50. The topological polar surface area (TPSA) is 123 Å². The fraction of sp³-hybridized carbons (Fsp3) is 0.107. The van der Waals surface area contributed by atoms with Crippen molar-refractivity contribution in [3.05, 3.63) is 122 Å². The summed E-state index contributed by atoms with van der Waals surface area (Å²) in [4.78, 5) is 42.2. The molecule has 1 fully saturated rings. The largest absolute Gasteiger partial charge is 0.507 e. The Bertz CT molecular complexity index is 1550. The Labute approximate surface area is 221 Å². The second kappa shape index (κ2) is 10.3. The summed E-state index contributed by atoms with van der Waals surface area (Å²) in [5.41, 5.74) is 2.62. The molecule has 0 spiro atoms. The van der Waals surface area contributed by atoms with Crippen LogP contribution in [0.15, 0.2) is 89.9 Å². The number of thiazole rings is 1. The second-order valence-electron chi connectivity index (χ2n) is 8.57. The minimum atomic E-state index is -1.01. The zero-order valence-corrected chi connectivity index (χ0v) is 20.9. The molecule has 0 radical (unpaired) electrons. The van der Waals surface area contributed by atoms with Gasteiger partial charge in [0, 0.05) is 29.3 Å². The van der Waals surface area contributed by atoms with Gasteiger partial charge in [-0.05, 0) is 60.0 Å². The summed E-state index contributed by atoms with van der Waals surface area (Å²) in [5, 5.41) is 24.3. The highest BCUT2D eigenvalue weighted by molar-refractivity contribution is 7.14. The van der Waals surface area contributed by atoms with Crippen LogP contribution in [0.25, 0.3) is 5.76 Å². The van der Waals surface area contributed by atoms with Crippen molar-refractivity contribution in [2.45, 2.75) is 19.6 Å². The molecule has 1 aliphatic rings. The lowest BCUT2D eigenvalue weighted by atomic mass is 9.95. The maximum atomic E-state index is 13.2. The van der Waals surface area contributed by atoms with Crippen LogP contribution in [0.5, 0.6) is 5.75 Å². The first kappa shape index (κ1) is 24.8. The molecule has 38 heavy (non-hydrogen) atoms. The van der Waals surface area contributed by atoms with Gasteiger partial charge in [-0.25, -0.2) is 4.98 Å². The molecule has 0 bridgehead atoms. The summed E-state index contributed by atoms with van der Waals surface area (Å²) in [6, 6.07) is 18.9. The maximum absolute atomic E-state index is 13.2. The lowest BCUT2D eigenvalue weighted by Crippen LogP contribution is -2.29. The van der Waals surface area contributed by atoms with E-state index in [1.54, 1.807) is 29.6 Å². The smallest absolute Gasteiger partial charge is 0.301 e. The van der Waals surface area contributed by atoms with E-state index in [1.165, 1.54) is 35.4 Å². The summed E-state index contributed by atoms with van der Waals surface area (Å²) in [6.45, 7) is 2.37. The maximum Gasteiger partial charge on any atom is 0.301 e. The van der Waals surface area contributed by atoms with Gasteiger partial charge in [0.1, 0.15) is 18.1 Å². The molecular weight excluding hydrogens is 506 g/mol. The van der Waals surface area contributed by atoms with Gasteiger partial charge < -0.3 is 9.84 Å². The number of ketones is 1. The average molecular weight is 528 g/mol. The van der Waals surface area contributed by atoms with Crippen molar-refractivity contribution in [2.75, 3.05) is 4.90 Å². The van der Waals surface area contributed by atoms with Gasteiger partial charge in [0.05, 0.1) is 16.5 Å². The van der Waals surface area contributed by atoms with E-state index in [1.807, 2.05) is 31.2 Å². The SMILES string of the molecule is Cc1ccccc1COc1ccc(/C(O)=C2\C(=O)C(=O)N(c3nccs3)C2c2ccc([N+](=O)[O-])cc2)cc1. The van der Waals surface area contributed by atoms with E-state index in [4.69, 9.17) is 4.74 Å². The number of aryl methyl sites for hydroxylation is 1. The number of nitrogens with zero attached hydrogens (tertiary/aromatic N) is 3. The molecule has 1 amide bonds. The number of hydrogen-bond acceptors (Lipinski definition) is 8. The van der Waals surface area contributed by atoms with Gasteiger partial charge in [-0.15, -0.1) is 11.3 Å². The van der Waals surface area contributed by atoms with Crippen LogP contribution >= 0.6 is 11.3 Å². The Balaban J connectivity index is 1.50. The number of carbonyl (C=O) groups is 2. The van der Waals surface area contributed by atoms with Crippen molar-refractivity contribution >= 4 is 39.6 Å². The zero-order chi connectivity index (χ0) is 26.8. The molecule has 10 heteroatoms. The van der Waals surface area contributed by atoms with E-state index in [-0.39, 0.29) is 22.2 Å². The molecule has 3 aromatic carbocycles. The van der Waals surface area contributed by atoms with Crippen LogP contribution in [0.1, 0.15) is 28.3 Å². The number of ether oxygens (including phenoxy) is 1. The van der Waals surface area contributed by atoms with Crippen molar-refractivity contribution in [1.29, 1.82) is 0 Å². The van der Waals surface area contributed by atoms with Gasteiger partial charge in [-0.1, -0.05) is 24.3 Å². The van der Waals surface area contributed by atoms with Crippen LogP contribution in [0.2, 0.25) is 0 Å². The minimum absolute atomic E-state index is 0.132. The lowest BCUT2D eigenvalue weighted by molar-refractivity contribution is -0.384. The molecule has 1 aromatic heterocycles. The number of Topliss-reactive ketones (excluding diaryl/α,β-unsaturated/α-hetero) is 1. The van der Waals surface area contributed by atoms with Crippen LogP contribution in [0.4, 0.5) is 10.8 Å². The number of nitro benzene ring substituents is 1. The van der Waals surface area contributed by atoms with Crippen LogP contribution in [-0.4, -0.2) is 26.7 Å². The highest BCUT2D eigenvalue weighted by atomic mass is 32.1. The Morgan fingerprint density at radius 1 is 1.08 bits per heavy atom. The van der Waals surface area contributed by atoms with Gasteiger partial charge in [-0.3, -0.25) is 24.6 Å². The highest BCUT2D eigenvalue weighted by Gasteiger charge is 2.48. The number of anilines is 1. The first-order valence-electron chi connectivity index (χ1n) is 11.6. The molecule has 1 atom stereocenters. The van der Waals surface area contributed by atoms with E-state index < -0.39 is 22.7 Å². The Kier molecular flexibility index (Phi) is 6.71. The molecule has 1 unspecified atom stereocenters. The van der Waals surface area contributed by atoms with Gasteiger partial charge in [-0.2, -0.15) is 0 Å². The van der Waals surface area contributed by atoms with Crippen LogP contribution in [0, 0.1) is 17.0 Å². The predicted octanol–water partition coefficient (Wildman–Crippen LogP) is 5.57. The number of carbonyl (C=O) groups excluding carboxylic acids is 2. The van der Waals surface area contributed by atoms with Crippen molar-refractivity contribution in [2.24, 2.45) is 0 Å². The predicted molar refractivity (Wildman–Crippen MR) is 142 cm³/mol. The Morgan fingerprint density at radius 3 is 2.42 bits per heavy atom. The van der Waals surface area contributed by atoms with E-state index in [0.29, 0.717) is 23.5 Å². The third-order valence-corrected chi connectivity index (χ3v) is 7.04. The molecular formula is C28H21N3O6S. The van der Waals surface area contributed by atoms with E-state index in [0.717, 1.165) is 22.5 Å². The van der Waals surface area contributed by atoms with Gasteiger partial charge >= 0.3 is 5.91 Å². The summed E-state index contributed by atoms with van der Waals surface area (Å²) >= 11 is 1.16. The Hall–Kier alpha value is -4.83. The third kappa shape index (κ3) is 4.64. The van der Waals surface area contributed by atoms with Crippen molar-refractivity contribution < 1.29 is 24.4 Å². The summed E-state index contributed by atoms with van der Waals surface area (Å²) < 4.78 is 5.87. The number of aliphatic hydroxyl groups excluding tert-OH is 1. The van der Waals surface area contributed by atoms with Crippen LogP contribution in [0.3, 0.4) is 0 Å². The first-order chi connectivity index (χ1) is 18.3. The number of nitro groups is 1. The number of benzene rings is 3. The highest BCUT2D eigenvalue weighted by Crippen LogP contribution is 2.43. The Morgan fingerprint density at radius 2 is 1.79 bits per heavy atom. The number of amides is 1. The van der Waals surface area contributed by atoms with E-state index in [2.05, 4.69) is 4.98 Å². The fourth-order valence-electron chi connectivity index (χ4n) is 4.26. The molecule has 190 valence electrons. The molecule has 5 rings (SSSR count). The van der Waals surface area contributed by atoms with Gasteiger partial charge in [0.25, 0.3) is 11.5 Å². The van der Waals surface area contributed by atoms with Crippen molar-refractivity contribution in [3.63, 3.8) is 0 Å². The third-order valence-electron chi connectivity index (χ3n) is 6.27. The van der Waals surface area contributed by atoms with E-state index in [9.17, 15) is 24.8 Å². The fourth-order valence-corrected chi connectivity index (χ4v) is 4.92. The number of hydrogen-bond donors (Lipinski definition) is 1. The quantitative estimate of drug-likeness (QED) is 0.110. The molecule has 9 nitrogen and oxygen atoms in total. The number of aliphatic hydroxyl groups is 1. The first-order valence-corrected chi connectivity index (χ1v) is 12.5. The van der Waals surface area contributed by atoms with Crippen LogP contribution in [-0.2, 0) is 16.2 Å². The number of non-ortho nitro benzene ring substituents is 1. The molecule has 4 aromatic rings. The second-order valence-corrected chi connectivity index (χ2v) is 9.44. The standard InChI is InChI=1S/C28H21N3O6S/c1-17-4-2-3-5-20(17)16-37-22-12-8-19(9-13-22)25(32)23-24(18-6-10-21(11-7-18)31(35)36)30(27(34)26(23)33)28-29-14-15-38-28/h2-15,24,32H,16H2,1H3/b25-23+. The lowest BCUT2D eigenvalue weighted by Gasteiger charge is -2.22. The molecule has 0 aliphatic carbocycles. The van der Waals surface area contributed by atoms with Crippen molar-refractivity contribution in [3.8, 4) is 5.75 Å². The zero-order valence-electron chi connectivity index (χ0n) is 20.1. The summed E-state index contributed by atoms with van der Waals surface area (Å²) in [7, 11) is 0. The van der Waals surface area contributed by atoms with Gasteiger partial charge in [0.2, 0.25) is 0 Å².